The third-order valence-electron chi connectivity index (χ3n) is 4.74. The monoisotopic (exact) mass is 397 g/mol. The van der Waals surface area contributed by atoms with Gasteiger partial charge in [0.1, 0.15) is 0 Å². The number of Topliss-reactive ketones (excluding diaryl/α,β-unsaturated/α-hetero) is 1. The third-order valence-corrected chi connectivity index (χ3v) is 6.02. The number of hydrogen-bond acceptors (Lipinski definition) is 4. The Morgan fingerprint density at radius 1 is 1.07 bits per heavy atom. The number of carbonyl (C=O) groups excluding carboxylic acids is 2. The molecule has 1 aliphatic rings. The Kier molecular flexibility index (Phi) is 4.60. The molecule has 6 heteroatoms. The molecule has 136 valence electrons. The molecule has 1 N–H and O–H groups in total. The van der Waals surface area contributed by atoms with E-state index in [-0.39, 0.29) is 18.7 Å². The molecule has 0 aliphatic carbocycles. The van der Waals surface area contributed by atoms with E-state index in [1.807, 2.05) is 18.2 Å². The van der Waals surface area contributed by atoms with Crippen LogP contribution in [0.5, 0.6) is 0 Å². The Morgan fingerprint density at radius 3 is 2.56 bits per heavy atom. The quantitative estimate of drug-likeness (QED) is 0.649. The maximum absolute atomic E-state index is 13.2. The van der Waals surface area contributed by atoms with Crippen LogP contribution in [0.2, 0.25) is 5.02 Å². The lowest BCUT2D eigenvalue weighted by atomic mass is 9.89. The second-order valence-corrected chi connectivity index (χ2v) is 7.79. The molecule has 27 heavy (non-hydrogen) atoms. The molecular weight excluding hydrogens is 382 g/mol. The molecule has 0 fully saturated rings. The zero-order valence-electron chi connectivity index (χ0n) is 14.3. The van der Waals surface area contributed by atoms with Gasteiger partial charge in [-0.15, -0.1) is 11.3 Å². The zero-order chi connectivity index (χ0) is 19.0. The first-order valence-corrected chi connectivity index (χ1v) is 9.70. The van der Waals surface area contributed by atoms with Gasteiger partial charge in [-0.1, -0.05) is 54.1 Å². The van der Waals surface area contributed by atoms with Crippen molar-refractivity contribution in [2.75, 3.05) is 4.90 Å². The minimum atomic E-state index is -1.88. The van der Waals surface area contributed by atoms with Gasteiger partial charge >= 0.3 is 0 Å². The van der Waals surface area contributed by atoms with E-state index in [1.165, 1.54) is 16.2 Å². The number of amides is 1. The van der Waals surface area contributed by atoms with E-state index < -0.39 is 11.5 Å². The summed E-state index contributed by atoms with van der Waals surface area (Å²) in [6, 6.07) is 17.8. The average molecular weight is 398 g/mol. The summed E-state index contributed by atoms with van der Waals surface area (Å²) >= 11 is 7.55. The first-order chi connectivity index (χ1) is 13.0. The number of anilines is 1. The van der Waals surface area contributed by atoms with Crippen molar-refractivity contribution in [1.29, 1.82) is 0 Å². The van der Waals surface area contributed by atoms with Crippen LogP contribution in [0.25, 0.3) is 0 Å². The van der Waals surface area contributed by atoms with Crippen LogP contribution >= 0.6 is 22.9 Å². The molecule has 0 saturated carbocycles. The first-order valence-electron chi connectivity index (χ1n) is 8.44. The van der Waals surface area contributed by atoms with E-state index in [0.29, 0.717) is 21.2 Å². The molecule has 0 radical (unpaired) electrons. The van der Waals surface area contributed by atoms with Crippen LogP contribution in [0.1, 0.15) is 27.2 Å². The minimum absolute atomic E-state index is 0.227. The van der Waals surface area contributed by atoms with E-state index in [9.17, 15) is 14.7 Å². The highest BCUT2D eigenvalue weighted by Crippen LogP contribution is 2.44. The van der Waals surface area contributed by atoms with E-state index >= 15 is 0 Å². The molecule has 2 heterocycles. The molecule has 0 bridgehead atoms. The van der Waals surface area contributed by atoms with Crippen molar-refractivity contribution >= 4 is 40.3 Å². The summed E-state index contributed by atoms with van der Waals surface area (Å²) in [5.41, 5.74) is -0.0501. The lowest BCUT2D eigenvalue weighted by Crippen LogP contribution is -2.41. The van der Waals surface area contributed by atoms with Crippen LogP contribution in [0, 0.1) is 0 Å². The van der Waals surface area contributed by atoms with Crippen molar-refractivity contribution in [1.82, 2.24) is 0 Å². The number of fused-ring (bicyclic) bond motifs is 1. The summed E-state index contributed by atoms with van der Waals surface area (Å²) < 4.78 is 0. The molecule has 4 rings (SSSR count). The van der Waals surface area contributed by atoms with Gasteiger partial charge in [-0.05, 0) is 29.1 Å². The molecule has 1 atom stereocenters. The van der Waals surface area contributed by atoms with Crippen LogP contribution in [-0.4, -0.2) is 16.8 Å². The van der Waals surface area contributed by atoms with Gasteiger partial charge in [0.2, 0.25) is 0 Å². The standard InChI is InChI=1S/C21H16ClNO3S/c22-16-8-3-1-6-14(16)13-23-17-9-4-2-7-15(17)21(26,20(23)25)12-18(24)19-10-5-11-27-19/h1-11,26H,12-13H2/t21-/m0/s1. The van der Waals surface area contributed by atoms with Crippen LogP contribution in [0.3, 0.4) is 0 Å². The zero-order valence-corrected chi connectivity index (χ0v) is 15.8. The minimum Gasteiger partial charge on any atom is -0.375 e. The van der Waals surface area contributed by atoms with Crippen LogP contribution < -0.4 is 4.90 Å². The topological polar surface area (TPSA) is 57.6 Å². The number of nitrogens with zero attached hydrogens (tertiary/aromatic N) is 1. The highest BCUT2D eigenvalue weighted by Gasteiger charge is 2.50. The number of ketones is 1. The fourth-order valence-electron chi connectivity index (χ4n) is 3.39. The number of thiophene rings is 1. The summed E-state index contributed by atoms with van der Waals surface area (Å²) in [5.74, 6) is -0.760. The van der Waals surface area contributed by atoms with E-state index in [0.717, 1.165) is 5.56 Å². The lowest BCUT2D eigenvalue weighted by Gasteiger charge is -2.23. The molecular formula is C21H16ClNO3S. The summed E-state index contributed by atoms with van der Waals surface area (Å²) in [6.07, 6.45) is -0.289. The summed E-state index contributed by atoms with van der Waals surface area (Å²) in [4.78, 5) is 27.8. The fraction of sp³-hybridized carbons (Fsp3) is 0.143. The summed E-state index contributed by atoms with van der Waals surface area (Å²) in [5, 5.41) is 13.6. The van der Waals surface area contributed by atoms with Crippen molar-refractivity contribution < 1.29 is 14.7 Å². The largest absolute Gasteiger partial charge is 0.375 e. The maximum atomic E-state index is 13.2. The SMILES string of the molecule is O=C(C[C@@]1(O)C(=O)N(Cc2ccccc2Cl)c2ccccc21)c1cccs1. The number of halogens is 1. The average Bonchev–Trinajstić information content (AvgIpc) is 3.27. The van der Waals surface area contributed by atoms with Gasteiger partial charge in [-0.3, -0.25) is 9.59 Å². The molecule has 2 aromatic carbocycles. The van der Waals surface area contributed by atoms with Crippen molar-refractivity contribution in [3.63, 3.8) is 0 Å². The van der Waals surface area contributed by atoms with Crippen LogP contribution in [-0.2, 0) is 16.9 Å². The maximum Gasteiger partial charge on any atom is 0.264 e. The Hall–Kier alpha value is -2.47. The third kappa shape index (κ3) is 3.08. The smallest absolute Gasteiger partial charge is 0.264 e. The predicted molar refractivity (Wildman–Crippen MR) is 106 cm³/mol. The molecule has 1 aromatic heterocycles. The van der Waals surface area contributed by atoms with Crippen LogP contribution in [0.15, 0.2) is 66.0 Å². The predicted octanol–water partition coefficient (Wildman–Crippen LogP) is 4.41. The fourth-order valence-corrected chi connectivity index (χ4v) is 4.25. The van der Waals surface area contributed by atoms with Crippen LogP contribution in [0.4, 0.5) is 5.69 Å². The Morgan fingerprint density at radius 2 is 1.81 bits per heavy atom. The molecule has 1 aliphatic heterocycles. The number of benzene rings is 2. The second kappa shape index (κ2) is 6.93. The van der Waals surface area contributed by atoms with Crippen molar-refractivity contribution in [3.05, 3.63) is 87.1 Å². The second-order valence-electron chi connectivity index (χ2n) is 6.44. The number of para-hydroxylation sites is 1. The summed E-state index contributed by atoms with van der Waals surface area (Å²) in [7, 11) is 0. The van der Waals surface area contributed by atoms with Crippen molar-refractivity contribution in [2.24, 2.45) is 0 Å². The molecule has 0 unspecified atom stereocenters. The van der Waals surface area contributed by atoms with Gasteiger partial charge < -0.3 is 10.0 Å². The number of aliphatic hydroxyl groups is 1. The van der Waals surface area contributed by atoms with Crippen molar-refractivity contribution in [3.8, 4) is 0 Å². The molecule has 4 nitrogen and oxygen atoms in total. The molecule has 1 amide bonds. The Labute approximate surface area is 165 Å². The van der Waals surface area contributed by atoms with Gasteiger partial charge in [0, 0.05) is 10.6 Å². The van der Waals surface area contributed by atoms with E-state index in [2.05, 4.69) is 0 Å². The Balaban J connectivity index is 1.71. The lowest BCUT2D eigenvalue weighted by molar-refractivity contribution is -0.136. The molecule has 0 saturated heterocycles. The normalized spacial score (nSPS) is 18.6. The summed E-state index contributed by atoms with van der Waals surface area (Å²) in [6.45, 7) is 0.227. The van der Waals surface area contributed by atoms with Gasteiger partial charge in [0.25, 0.3) is 5.91 Å². The highest BCUT2D eigenvalue weighted by atomic mass is 35.5. The van der Waals surface area contributed by atoms with Gasteiger partial charge in [-0.2, -0.15) is 0 Å². The molecule has 3 aromatic rings. The number of carbonyl (C=O) groups is 2. The van der Waals surface area contributed by atoms with E-state index in [1.54, 1.807) is 47.8 Å². The van der Waals surface area contributed by atoms with Crippen molar-refractivity contribution in [2.45, 2.75) is 18.6 Å². The van der Waals surface area contributed by atoms with Gasteiger partial charge in [0.05, 0.1) is 23.5 Å². The Bertz CT molecular complexity index is 1020. The first kappa shape index (κ1) is 17.9. The highest BCUT2D eigenvalue weighted by molar-refractivity contribution is 7.12. The van der Waals surface area contributed by atoms with Gasteiger partial charge in [-0.25, -0.2) is 0 Å². The number of rotatable bonds is 5. The van der Waals surface area contributed by atoms with E-state index in [4.69, 9.17) is 11.6 Å². The molecule has 0 spiro atoms. The van der Waals surface area contributed by atoms with Gasteiger partial charge in [0.15, 0.2) is 11.4 Å². The number of hydrogen-bond donors (Lipinski definition) is 1.